The Bertz CT molecular complexity index is 832. The van der Waals surface area contributed by atoms with E-state index in [1.807, 2.05) is 25.1 Å². The molecule has 0 radical (unpaired) electrons. The molecule has 25 heavy (non-hydrogen) atoms. The van der Waals surface area contributed by atoms with Gasteiger partial charge in [0.05, 0.1) is 0 Å². The zero-order chi connectivity index (χ0) is 18.0. The van der Waals surface area contributed by atoms with Gasteiger partial charge in [-0.1, -0.05) is 25.1 Å². The van der Waals surface area contributed by atoms with Gasteiger partial charge in [-0.05, 0) is 43.0 Å². The zero-order valence-corrected chi connectivity index (χ0v) is 13.7. The molecule has 1 saturated carbocycles. The first-order chi connectivity index (χ1) is 12.0. The van der Waals surface area contributed by atoms with Gasteiger partial charge < -0.3 is 10.6 Å². The Kier molecular flexibility index (Phi) is 4.53. The van der Waals surface area contributed by atoms with Gasteiger partial charge in [-0.3, -0.25) is 9.59 Å². The topological polar surface area (TPSA) is 58.2 Å². The molecular formula is C19H18F2N2O2. The van der Waals surface area contributed by atoms with E-state index in [1.165, 1.54) is 6.07 Å². The van der Waals surface area contributed by atoms with Crippen molar-refractivity contribution in [2.45, 2.75) is 26.2 Å². The first-order valence-electron chi connectivity index (χ1n) is 8.12. The minimum absolute atomic E-state index is 0.122. The third-order valence-electron chi connectivity index (χ3n) is 4.44. The van der Waals surface area contributed by atoms with Crippen LogP contribution in [0.5, 0.6) is 0 Å². The predicted octanol–water partition coefficient (Wildman–Crippen LogP) is 3.88. The first-order valence-corrected chi connectivity index (χ1v) is 8.12. The van der Waals surface area contributed by atoms with Crippen molar-refractivity contribution >= 4 is 23.2 Å². The number of hydrogen-bond acceptors (Lipinski definition) is 2. The largest absolute Gasteiger partial charge is 0.325 e. The molecule has 0 aromatic heterocycles. The lowest BCUT2D eigenvalue weighted by Crippen LogP contribution is -2.35. The van der Waals surface area contributed by atoms with E-state index in [9.17, 15) is 18.4 Å². The maximum Gasteiger partial charge on any atom is 0.240 e. The van der Waals surface area contributed by atoms with Crippen LogP contribution in [0.15, 0.2) is 42.5 Å². The smallest absolute Gasteiger partial charge is 0.240 e. The number of aryl methyl sites for hydroxylation is 1. The third-order valence-corrected chi connectivity index (χ3v) is 4.44. The first kappa shape index (κ1) is 17.1. The van der Waals surface area contributed by atoms with Crippen LogP contribution in [0.4, 0.5) is 20.2 Å². The van der Waals surface area contributed by atoms with Crippen molar-refractivity contribution in [2.24, 2.45) is 5.41 Å². The Balaban J connectivity index is 1.73. The molecule has 0 unspecified atom stereocenters. The van der Waals surface area contributed by atoms with E-state index in [0.717, 1.165) is 24.1 Å². The molecule has 130 valence electrons. The average Bonchev–Trinajstić information content (AvgIpc) is 3.40. The van der Waals surface area contributed by atoms with Crippen LogP contribution >= 0.6 is 0 Å². The van der Waals surface area contributed by atoms with Crippen molar-refractivity contribution in [3.05, 3.63) is 59.7 Å². The summed E-state index contributed by atoms with van der Waals surface area (Å²) in [5.41, 5.74) is 0.623. The summed E-state index contributed by atoms with van der Waals surface area (Å²) >= 11 is 0. The number of para-hydroxylation sites is 1. The van der Waals surface area contributed by atoms with Crippen molar-refractivity contribution in [3.8, 4) is 0 Å². The summed E-state index contributed by atoms with van der Waals surface area (Å²) in [6, 6.07) is 10.5. The summed E-state index contributed by atoms with van der Waals surface area (Å²) in [6.07, 6.45) is 1.59. The van der Waals surface area contributed by atoms with Crippen molar-refractivity contribution < 1.29 is 18.4 Å². The minimum Gasteiger partial charge on any atom is -0.325 e. The highest BCUT2D eigenvalue weighted by Gasteiger charge is 2.56. The van der Waals surface area contributed by atoms with Gasteiger partial charge in [0.2, 0.25) is 11.8 Å². The van der Waals surface area contributed by atoms with Gasteiger partial charge in [0, 0.05) is 17.4 Å². The number of rotatable bonds is 5. The molecule has 0 spiro atoms. The Hall–Kier alpha value is -2.76. The van der Waals surface area contributed by atoms with Crippen molar-refractivity contribution in [2.75, 3.05) is 10.6 Å². The second-order valence-corrected chi connectivity index (χ2v) is 6.13. The van der Waals surface area contributed by atoms with Crippen LogP contribution in [-0.4, -0.2) is 11.8 Å². The highest BCUT2D eigenvalue weighted by Crippen LogP contribution is 2.47. The Morgan fingerprint density at radius 2 is 1.68 bits per heavy atom. The van der Waals surface area contributed by atoms with Crippen LogP contribution in [0.2, 0.25) is 0 Å². The van der Waals surface area contributed by atoms with E-state index >= 15 is 0 Å². The van der Waals surface area contributed by atoms with Gasteiger partial charge in [-0.25, -0.2) is 8.78 Å². The SMILES string of the molecule is CCc1ccccc1NC(=O)C1(C(=O)Nc2ccc(F)c(F)c2)CC1. The number of amides is 2. The van der Waals surface area contributed by atoms with E-state index < -0.39 is 23.0 Å². The molecule has 3 rings (SSSR count). The fourth-order valence-electron chi connectivity index (χ4n) is 2.70. The van der Waals surface area contributed by atoms with E-state index in [1.54, 1.807) is 6.07 Å². The molecule has 2 aromatic carbocycles. The van der Waals surface area contributed by atoms with Gasteiger partial charge in [0.1, 0.15) is 5.41 Å². The molecule has 1 aliphatic carbocycles. The lowest BCUT2D eigenvalue weighted by atomic mass is 10.0. The minimum atomic E-state index is -1.16. The standard InChI is InChI=1S/C19H18F2N2O2/c1-2-12-5-3-4-6-16(12)23-18(25)19(9-10-19)17(24)22-13-7-8-14(20)15(21)11-13/h3-8,11H,2,9-10H2,1H3,(H,22,24)(H,23,25). The maximum absolute atomic E-state index is 13.3. The molecule has 2 amide bonds. The second kappa shape index (κ2) is 6.63. The molecule has 0 saturated heterocycles. The predicted molar refractivity (Wildman–Crippen MR) is 91.1 cm³/mol. The summed E-state index contributed by atoms with van der Waals surface area (Å²) in [4.78, 5) is 25.1. The van der Waals surface area contributed by atoms with Crippen LogP contribution in [0.25, 0.3) is 0 Å². The van der Waals surface area contributed by atoms with E-state index in [-0.39, 0.29) is 11.6 Å². The van der Waals surface area contributed by atoms with E-state index in [2.05, 4.69) is 10.6 Å². The zero-order valence-electron chi connectivity index (χ0n) is 13.7. The summed E-state index contributed by atoms with van der Waals surface area (Å²) in [6.45, 7) is 1.98. The number of nitrogens with one attached hydrogen (secondary N) is 2. The number of hydrogen-bond donors (Lipinski definition) is 2. The lowest BCUT2D eigenvalue weighted by Gasteiger charge is -2.17. The highest BCUT2D eigenvalue weighted by atomic mass is 19.2. The molecule has 0 atom stereocenters. The Morgan fingerprint density at radius 1 is 1.00 bits per heavy atom. The van der Waals surface area contributed by atoms with Crippen LogP contribution in [0.3, 0.4) is 0 Å². The number of halogens is 2. The van der Waals surface area contributed by atoms with Gasteiger partial charge in [-0.15, -0.1) is 0 Å². The van der Waals surface area contributed by atoms with E-state index in [4.69, 9.17) is 0 Å². The van der Waals surface area contributed by atoms with E-state index in [0.29, 0.717) is 18.5 Å². The van der Waals surface area contributed by atoms with Gasteiger partial charge in [0.15, 0.2) is 11.6 Å². The molecule has 0 aliphatic heterocycles. The highest BCUT2D eigenvalue weighted by molar-refractivity contribution is 6.17. The normalized spacial score (nSPS) is 14.7. The van der Waals surface area contributed by atoms with Crippen molar-refractivity contribution in [3.63, 3.8) is 0 Å². The number of anilines is 2. The molecule has 2 aromatic rings. The molecule has 0 heterocycles. The van der Waals surface area contributed by atoms with Crippen LogP contribution in [0.1, 0.15) is 25.3 Å². The number of carbonyl (C=O) groups excluding carboxylic acids is 2. The number of carbonyl (C=O) groups is 2. The maximum atomic E-state index is 13.3. The summed E-state index contributed by atoms with van der Waals surface area (Å²) in [5.74, 6) is -2.93. The third kappa shape index (κ3) is 3.38. The molecule has 6 heteroatoms. The van der Waals surface area contributed by atoms with Crippen molar-refractivity contribution in [1.29, 1.82) is 0 Å². The monoisotopic (exact) mass is 344 g/mol. The molecule has 4 nitrogen and oxygen atoms in total. The Morgan fingerprint density at radius 3 is 2.32 bits per heavy atom. The lowest BCUT2D eigenvalue weighted by molar-refractivity contribution is -0.131. The molecule has 0 bridgehead atoms. The number of benzene rings is 2. The quantitative estimate of drug-likeness (QED) is 0.809. The summed E-state index contributed by atoms with van der Waals surface area (Å²) < 4.78 is 26.2. The summed E-state index contributed by atoms with van der Waals surface area (Å²) in [7, 11) is 0. The van der Waals surface area contributed by atoms with Crippen LogP contribution in [0, 0.1) is 17.0 Å². The van der Waals surface area contributed by atoms with Crippen molar-refractivity contribution in [1.82, 2.24) is 0 Å². The van der Waals surface area contributed by atoms with Crippen LogP contribution in [-0.2, 0) is 16.0 Å². The average molecular weight is 344 g/mol. The fourth-order valence-corrected chi connectivity index (χ4v) is 2.70. The molecule has 2 N–H and O–H groups in total. The van der Waals surface area contributed by atoms with Gasteiger partial charge in [-0.2, -0.15) is 0 Å². The molecular weight excluding hydrogens is 326 g/mol. The second-order valence-electron chi connectivity index (χ2n) is 6.13. The van der Waals surface area contributed by atoms with Gasteiger partial charge in [0.25, 0.3) is 0 Å². The van der Waals surface area contributed by atoms with Gasteiger partial charge >= 0.3 is 0 Å². The fraction of sp³-hybridized carbons (Fsp3) is 0.263. The Labute approximate surface area is 144 Å². The molecule has 1 aliphatic rings. The molecule has 1 fully saturated rings. The summed E-state index contributed by atoms with van der Waals surface area (Å²) in [5, 5.41) is 5.32. The van der Waals surface area contributed by atoms with Crippen LogP contribution < -0.4 is 10.6 Å².